The molecule has 2 aromatic heterocycles. The average Bonchev–Trinajstić information content (AvgIpc) is 2.41. The lowest BCUT2D eigenvalue weighted by Crippen LogP contribution is -1.90. The van der Waals surface area contributed by atoms with Gasteiger partial charge in [-0.3, -0.25) is 4.40 Å². The first-order valence-electron chi connectivity index (χ1n) is 4.25. The van der Waals surface area contributed by atoms with Crippen LogP contribution in [0.2, 0.25) is 5.02 Å². The average molecular weight is 205 g/mol. The van der Waals surface area contributed by atoms with Gasteiger partial charge >= 0.3 is 0 Å². The predicted octanol–water partition coefficient (Wildman–Crippen LogP) is 2.59. The quantitative estimate of drug-likeness (QED) is 0.603. The Hall–Kier alpha value is -1.46. The van der Waals surface area contributed by atoms with Gasteiger partial charge in [0.2, 0.25) is 0 Å². The molecule has 14 heavy (non-hydrogen) atoms. The molecule has 0 saturated heterocycles. The molecule has 0 amide bonds. The van der Waals surface area contributed by atoms with Gasteiger partial charge in [0.15, 0.2) is 0 Å². The molecule has 0 aliphatic rings. The first kappa shape index (κ1) is 9.11. The maximum atomic E-state index is 5.94. The van der Waals surface area contributed by atoms with Crippen LogP contribution in [0.1, 0.15) is 17.0 Å². The van der Waals surface area contributed by atoms with E-state index < -0.39 is 0 Å². The zero-order valence-electron chi connectivity index (χ0n) is 8.00. The number of aryl methyl sites for hydroxylation is 2. The van der Waals surface area contributed by atoms with Crippen LogP contribution in [0, 0.1) is 26.2 Å². The van der Waals surface area contributed by atoms with Crippen molar-refractivity contribution >= 4 is 17.2 Å². The summed E-state index contributed by atoms with van der Waals surface area (Å²) in [6, 6.07) is 1.88. The molecule has 2 rings (SSSR count). The lowest BCUT2D eigenvalue weighted by molar-refractivity contribution is 1.14. The van der Waals surface area contributed by atoms with E-state index in [1.165, 1.54) is 0 Å². The SMILES string of the molecule is C#Cc1c(C)nc2c(C)cc(Cl)cn12. The lowest BCUT2D eigenvalue weighted by Gasteiger charge is -1.99. The van der Waals surface area contributed by atoms with Crippen LogP contribution >= 0.6 is 11.6 Å². The normalized spacial score (nSPS) is 10.4. The van der Waals surface area contributed by atoms with E-state index in [-0.39, 0.29) is 0 Å². The van der Waals surface area contributed by atoms with Crippen LogP contribution in [0.4, 0.5) is 0 Å². The Balaban J connectivity index is 2.97. The lowest BCUT2D eigenvalue weighted by atomic mass is 10.3. The Morgan fingerprint density at radius 2 is 2.21 bits per heavy atom. The first-order chi connectivity index (χ1) is 6.63. The van der Waals surface area contributed by atoms with Crippen molar-refractivity contribution in [2.45, 2.75) is 13.8 Å². The van der Waals surface area contributed by atoms with Crippen LogP contribution < -0.4 is 0 Å². The van der Waals surface area contributed by atoms with Gasteiger partial charge in [-0.05, 0) is 31.4 Å². The van der Waals surface area contributed by atoms with Gasteiger partial charge < -0.3 is 0 Å². The molecule has 0 aliphatic heterocycles. The maximum absolute atomic E-state index is 5.94. The summed E-state index contributed by atoms with van der Waals surface area (Å²) in [5.41, 5.74) is 3.53. The van der Waals surface area contributed by atoms with Crippen molar-refractivity contribution in [1.82, 2.24) is 9.38 Å². The van der Waals surface area contributed by atoms with Gasteiger partial charge in [-0.15, -0.1) is 6.42 Å². The number of nitrogens with zero attached hydrogens (tertiary/aromatic N) is 2. The van der Waals surface area contributed by atoms with Crippen LogP contribution in [0.25, 0.3) is 5.65 Å². The third-order valence-electron chi connectivity index (χ3n) is 2.18. The van der Waals surface area contributed by atoms with Crippen molar-refractivity contribution in [1.29, 1.82) is 0 Å². The molecule has 0 atom stereocenters. The van der Waals surface area contributed by atoms with Gasteiger partial charge in [0.1, 0.15) is 11.3 Å². The van der Waals surface area contributed by atoms with E-state index in [2.05, 4.69) is 10.9 Å². The molecule has 0 aliphatic carbocycles. The number of aromatic nitrogens is 2. The van der Waals surface area contributed by atoms with Crippen molar-refractivity contribution < 1.29 is 0 Å². The van der Waals surface area contributed by atoms with Gasteiger partial charge in [-0.1, -0.05) is 11.6 Å². The highest BCUT2D eigenvalue weighted by Gasteiger charge is 2.08. The number of imidazole rings is 1. The fourth-order valence-electron chi connectivity index (χ4n) is 1.56. The van der Waals surface area contributed by atoms with E-state index in [1.807, 2.05) is 24.3 Å². The summed E-state index contributed by atoms with van der Waals surface area (Å²) >= 11 is 5.94. The Labute approximate surface area is 87.5 Å². The highest BCUT2D eigenvalue weighted by atomic mass is 35.5. The Bertz CT molecular complexity index is 546. The second-order valence-electron chi connectivity index (χ2n) is 3.23. The van der Waals surface area contributed by atoms with Crippen LogP contribution in [-0.4, -0.2) is 9.38 Å². The summed E-state index contributed by atoms with van der Waals surface area (Å²) in [4.78, 5) is 4.39. The molecule has 70 valence electrons. The molecule has 2 aromatic rings. The van der Waals surface area contributed by atoms with Gasteiger partial charge in [-0.25, -0.2) is 4.98 Å². The first-order valence-corrected chi connectivity index (χ1v) is 4.62. The fraction of sp³-hybridized carbons (Fsp3) is 0.182. The Morgan fingerprint density at radius 1 is 1.50 bits per heavy atom. The molecule has 0 aromatic carbocycles. The van der Waals surface area contributed by atoms with E-state index in [0.29, 0.717) is 5.02 Å². The summed E-state index contributed by atoms with van der Waals surface area (Å²) in [5, 5.41) is 0.670. The molecule has 3 heteroatoms. The third-order valence-corrected chi connectivity index (χ3v) is 2.39. The van der Waals surface area contributed by atoms with E-state index in [0.717, 1.165) is 22.6 Å². The zero-order valence-corrected chi connectivity index (χ0v) is 8.76. The standard InChI is InChI=1S/C11H9ClN2/c1-4-10-8(3)13-11-7(2)5-9(12)6-14(10)11/h1,5-6H,2-3H3. The third kappa shape index (κ3) is 1.18. The van der Waals surface area contributed by atoms with Crippen molar-refractivity contribution in [2.24, 2.45) is 0 Å². The molecule has 0 fully saturated rings. The molecular formula is C11H9ClN2. The molecule has 0 N–H and O–H groups in total. The summed E-state index contributed by atoms with van der Waals surface area (Å²) in [5.74, 6) is 2.61. The molecule has 0 bridgehead atoms. The van der Waals surface area contributed by atoms with Crippen molar-refractivity contribution in [3.05, 3.63) is 34.2 Å². The Morgan fingerprint density at radius 3 is 2.86 bits per heavy atom. The fourth-order valence-corrected chi connectivity index (χ4v) is 1.82. The van der Waals surface area contributed by atoms with Crippen molar-refractivity contribution in [3.8, 4) is 12.3 Å². The Kier molecular flexibility index (Phi) is 1.98. The highest BCUT2D eigenvalue weighted by molar-refractivity contribution is 6.30. The minimum atomic E-state index is 0.670. The number of rotatable bonds is 0. The second kappa shape index (κ2) is 3.04. The number of pyridine rings is 1. The molecule has 0 radical (unpaired) electrons. The highest BCUT2D eigenvalue weighted by Crippen LogP contribution is 2.19. The van der Waals surface area contributed by atoms with Gasteiger partial charge in [0, 0.05) is 6.20 Å². The number of fused-ring (bicyclic) bond motifs is 1. The number of halogens is 1. The minimum Gasteiger partial charge on any atom is -0.291 e. The van der Waals surface area contributed by atoms with Crippen molar-refractivity contribution in [2.75, 3.05) is 0 Å². The monoisotopic (exact) mass is 204 g/mol. The molecule has 2 nitrogen and oxygen atoms in total. The summed E-state index contributed by atoms with van der Waals surface area (Å²) < 4.78 is 1.85. The summed E-state index contributed by atoms with van der Waals surface area (Å²) in [6.07, 6.45) is 7.20. The number of terminal acetylenes is 1. The predicted molar refractivity (Wildman–Crippen MR) is 57.6 cm³/mol. The van der Waals surface area contributed by atoms with Crippen LogP contribution in [0.15, 0.2) is 12.3 Å². The van der Waals surface area contributed by atoms with Gasteiger partial charge in [0.05, 0.1) is 10.7 Å². The van der Waals surface area contributed by atoms with Crippen molar-refractivity contribution in [3.63, 3.8) is 0 Å². The topological polar surface area (TPSA) is 17.3 Å². The van der Waals surface area contributed by atoms with Crippen LogP contribution in [-0.2, 0) is 0 Å². The minimum absolute atomic E-state index is 0.670. The van der Waals surface area contributed by atoms with Crippen LogP contribution in [0.5, 0.6) is 0 Å². The smallest absolute Gasteiger partial charge is 0.141 e. The zero-order chi connectivity index (χ0) is 10.3. The van der Waals surface area contributed by atoms with E-state index in [4.69, 9.17) is 18.0 Å². The molecular weight excluding hydrogens is 196 g/mol. The van der Waals surface area contributed by atoms with Gasteiger partial charge in [-0.2, -0.15) is 0 Å². The molecule has 0 spiro atoms. The van der Waals surface area contributed by atoms with E-state index in [9.17, 15) is 0 Å². The molecule has 0 unspecified atom stereocenters. The number of hydrogen-bond donors (Lipinski definition) is 0. The second-order valence-corrected chi connectivity index (χ2v) is 3.66. The molecule has 2 heterocycles. The summed E-state index contributed by atoms with van der Waals surface area (Å²) in [6.45, 7) is 3.86. The van der Waals surface area contributed by atoms with Crippen LogP contribution in [0.3, 0.4) is 0 Å². The van der Waals surface area contributed by atoms with E-state index >= 15 is 0 Å². The summed E-state index contributed by atoms with van der Waals surface area (Å²) in [7, 11) is 0. The van der Waals surface area contributed by atoms with Gasteiger partial charge in [0.25, 0.3) is 0 Å². The maximum Gasteiger partial charge on any atom is 0.141 e. The number of hydrogen-bond acceptors (Lipinski definition) is 1. The molecule has 0 saturated carbocycles. The largest absolute Gasteiger partial charge is 0.291 e. The van der Waals surface area contributed by atoms with E-state index in [1.54, 1.807) is 6.20 Å².